The van der Waals surface area contributed by atoms with Crippen molar-refractivity contribution in [3.63, 3.8) is 0 Å². The van der Waals surface area contributed by atoms with Crippen LogP contribution < -0.4 is 0 Å². The SMILES string of the molecule is CN(C)CN(C)C.O=P(O)(O)OP(=O)(O)O. The van der Waals surface area contributed by atoms with Crippen LogP contribution in [0.4, 0.5) is 0 Å². The van der Waals surface area contributed by atoms with E-state index in [4.69, 9.17) is 19.6 Å². The molecule has 0 amide bonds. The average molecular weight is 280 g/mol. The van der Waals surface area contributed by atoms with Crippen molar-refractivity contribution in [2.45, 2.75) is 0 Å². The van der Waals surface area contributed by atoms with Crippen LogP contribution in [0.3, 0.4) is 0 Å². The van der Waals surface area contributed by atoms with Gasteiger partial charge in [0.25, 0.3) is 0 Å². The van der Waals surface area contributed by atoms with Crippen molar-refractivity contribution in [1.29, 1.82) is 0 Å². The summed E-state index contributed by atoms with van der Waals surface area (Å²) in [4.78, 5) is 35.2. The van der Waals surface area contributed by atoms with Crippen molar-refractivity contribution in [2.75, 3.05) is 34.9 Å². The maximum absolute atomic E-state index is 9.63. The third kappa shape index (κ3) is 23.8. The number of hydrogen-bond acceptors (Lipinski definition) is 5. The van der Waals surface area contributed by atoms with Crippen LogP contribution in [0, 0.1) is 0 Å². The lowest BCUT2D eigenvalue weighted by Crippen LogP contribution is -2.26. The smallest absolute Gasteiger partial charge is 0.302 e. The molecule has 0 rings (SSSR count). The molecule has 0 heterocycles. The largest absolute Gasteiger partial charge is 0.478 e. The Hall–Kier alpha value is 0.180. The summed E-state index contributed by atoms with van der Waals surface area (Å²) >= 11 is 0. The van der Waals surface area contributed by atoms with Gasteiger partial charge in [-0.3, -0.25) is 9.80 Å². The van der Waals surface area contributed by atoms with Crippen molar-refractivity contribution in [2.24, 2.45) is 0 Å². The zero-order chi connectivity index (χ0) is 13.6. The molecule has 0 atom stereocenters. The molecular weight excluding hydrogens is 262 g/mol. The van der Waals surface area contributed by atoms with Gasteiger partial charge in [-0.1, -0.05) is 0 Å². The van der Waals surface area contributed by atoms with Gasteiger partial charge in [0.05, 0.1) is 0 Å². The molecule has 0 bridgehead atoms. The Morgan fingerprint density at radius 3 is 1.12 bits per heavy atom. The van der Waals surface area contributed by atoms with E-state index in [1.54, 1.807) is 0 Å². The fraction of sp³-hybridized carbons (Fsp3) is 1.00. The van der Waals surface area contributed by atoms with Gasteiger partial charge >= 0.3 is 15.6 Å². The maximum Gasteiger partial charge on any atom is 0.478 e. The Balaban J connectivity index is 0. The molecule has 0 unspecified atom stereocenters. The van der Waals surface area contributed by atoms with Crippen molar-refractivity contribution >= 4 is 15.6 Å². The average Bonchev–Trinajstić information content (AvgIpc) is 1.72. The standard InChI is InChI=1S/C5H14N2.H4O7P2/c1-6(2)5-7(3)4;1-8(2,3)7-9(4,5)6/h5H2,1-4H3;(H2,1,2,3)(H2,4,5,6). The summed E-state index contributed by atoms with van der Waals surface area (Å²) < 4.78 is 22.2. The van der Waals surface area contributed by atoms with E-state index in [0.29, 0.717) is 0 Å². The van der Waals surface area contributed by atoms with E-state index in [-0.39, 0.29) is 0 Å². The van der Waals surface area contributed by atoms with Gasteiger partial charge in [0.1, 0.15) is 0 Å². The van der Waals surface area contributed by atoms with Crippen LogP contribution >= 0.6 is 15.6 Å². The highest BCUT2D eigenvalue weighted by Crippen LogP contribution is 2.53. The van der Waals surface area contributed by atoms with E-state index >= 15 is 0 Å². The fourth-order valence-electron chi connectivity index (χ4n) is 0.704. The predicted molar refractivity (Wildman–Crippen MR) is 57.4 cm³/mol. The highest BCUT2D eigenvalue weighted by molar-refractivity contribution is 7.60. The Labute approximate surface area is 94.1 Å². The van der Waals surface area contributed by atoms with Gasteiger partial charge in [0, 0.05) is 6.67 Å². The van der Waals surface area contributed by atoms with Crippen molar-refractivity contribution < 1.29 is 33.0 Å². The minimum atomic E-state index is -5.05. The normalized spacial score (nSPS) is 12.6. The van der Waals surface area contributed by atoms with Gasteiger partial charge in [0.15, 0.2) is 0 Å². The van der Waals surface area contributed by atoms with Crippen molar-refractivity contribution in [1.82, 2.24) is 9.80 Å². The number of phosphoric acid groups is 2. The Bertz CT molecular complexity index is 244. The lowest BCUT2D eigenvalue weighted by molar-refractivity contribution is 0.225. The van der Waals surface area contributed by atoms with Crippen LogP contribution in [0.25, 0.3) is 0 Å². The maximum atomic E-state index is 9.63. The third-order valence-electron chi connectivity index (χ3n) is 0.778. The molecule has 0 radical (unpaired) electrons. The minimum absolute atomic E-state index is 1.03. The van der Waals surface area contributed by atoms with E-state index in [9.17, 15) is 9.13 Å². The molecule has 0 saturated carbocycles. The summed E-state index contributed by atoms with van der Waals surface area (Å²) in [5, 5.41) is 0. The Morgan fingerprint density at radius 1 is 0.875 bits per heavy atom. The number of rotatable bonds is 4. The molecule has 0 saturated heterocycles. The van der Waals surface area contributed by atoms with E-state index in [1.807, 2.05) is 0 Å². The van der Waals surface area contributed by atoms with E-state index in [0.717, 1.165) is 6.67 Å². The fourth-order valence-corrected chi connectivity index (χ4v) is 1.81. The molecule has 0 spiro atoms. The molecule has 11 heteroatoms. The van der Waals surface area contributed by atoms with E-state index in [2.05, 4.69) is 42.3 Å². The number of hydrogen-bond donors (Lipinski definition) is 4. The van der Waals surface area contributed by atoms with Gasteiger partial charge in [0.2, 0.25) is 0 Å². The second kappa shape index (κ2) is 7.50. The molecule has 0 aromatic heterocycles. The molecule has 0 aliphatic rings. The van der Waals surface area contributed by atoms with Gasteiger partial charge < -0.3 is 19.6 Å². The van der Waals surface area contributed by atoms with Crippen molar-refractivity contribution in [3.8, 4) is 0 Å². The van der Waals surface area contributed by atoms with Crippen LogP contribution in [0.2, 0.25) is 0 Å². The molecule has 0 aliphatic carbocycles. The zero-order valence-corrected chi connectivity index (χ0v) is 11.3. The molecule has 0 fully saturated rings. The quantitative estimate of drug-likeness (QED) is 0.388. The van der Waals surface area contributed by atoms with Crippen LogP contribution in [-0.2, 0) is 13.4 Å². The van der Waals surface area contributed by atoms with E-state index in [1.165, 1.54) is 0 Å². The van der Waals surface area contributed by atoms with Gasteiger partial charge in [-0.05, 0) is 28.2 Å². The molecule has 0 aromatic rings. The van der Waals surface area contributed by atoms with Crippen molar-refractivity contribution in [3.05, 3.63) is 0 Å². The number of nitrogens with zero attached hydrogens (tertiary/aromatic N) is 2. The lowest BCUT2D eigenvalue weighted by Gasteiger charge is -2.14. The molecule has 16 heavy (non-hydrogen) atoms. The van der Waals surface area contributed by atoms with Gasteiger partial charge in [-0.15, -0.1) is 0 Å². The summed E-state index contributed by atoms with van der Waals surface area (Å²) in [6, 6.07) is 0. The Morgan fingerprint density at radius 2 is 1.12 bits per heavy atom. The van der Waals surface area contributed by atoms with Crippen LogP contribution in [0.1, 0.15) is 0 Å². The first-order valence-electron chi connectivity index (χ1n) is 3.95. The summed E-state index contributed by atoms with van der Waals surface area (Å²) in [5.74, 6) is 0. The second-order valence-corrected chi connectivity index (χ2v) is 5.98. The third-order valence-corrected chi connectivity index (χ3v) is 2.48. The van der Waals surface area contributed by atoms with Gasteiger partial charge in [-0.2, -0.15) is 4.31 Å². The predicted octanol–water partition coefficient (Wildman–Crippen LogP) is -0.744. The first-order chi connectivity index (χ1) is 6.83. The molecule has 0 aromatic carbocycles. The topological polar surface area (TPSA) is 131 Å². The second-order valence-electron chi connectivity index (χ2n) is 3.36. The summed E-state index contributed by atoms with van der Waals surface area (Å²) in [6.45, 7) is 1.03. The van der Waals surface area contributed by atoms with Crippen LogP contribution in [-0.4, -0.2) is 64.2 Å². The van der Waals surface area contributed by atoms with Crippen LogP contribution in [0.15, 0.2) is 0 Å². The first kappa shape index (κ1) is 18.5. The van der Waals surface area contributed by atoms with E-state index < -0.39 is 15.6 Å². The summed E-state index contributed by atoms with van der Waals surface area (Å²) in [6.07, 6.45) is 0. The molecular formula is C5H18N2O7P2. The van der Waals surface area contributed by atoms with Crippen LogP contribution in [0.5, 0.6) is 0 Å². The Kier molecular flexibility index (Phi) is 8.69. The molecule has 9 nitrogen and oxygen atoms in total. The molecule has 0 aliphatic heterocycles. The monoisotopic (exact) mass is 280 g/mol. The lowest BCUT2D eigenvalue weighted by atomic mass is 10.8. The van der Waals surface area contributed by atoms with Gasteiger partial charge in [-0.25, -0.2) is 9.13 Å². The first-order valence-corrected chi connectivity index (χ1v) is 7.01. The minimum Gasteiger partial charge on any atom is -0.302 e. The molecule has 100 valence electrons. The molecule has 4 N–H and O–H groups in total. The zero-order valence-electron chi connectivity index (χ0n) is 9.51. The summed E-state index contributed by atoms with van der Waals surface area (Å²) in [7, 11) is -1.88. The highest BCUT2D eigenvalue weighted by Gasteiger charge is 2.27. The summed E-state index contributed by atoms with van der Waals surface area (Å²) in [5.41, 5.74) is 0. The highest BCUT2D eigenvalue weighted by atomic mass is 31.3.